The lowest BCUT2D eigenvalue weighted by atomic mass is 9.97. The van der Waals surface area contributed by atoms with Crippen molar-refractivity contribution in [3.8, 4) is 0 Å². The lowest BCUT2D eigenvalue weighted by Crippen LogP contribution is -2.48. The third kappa shape index (κ3) is 6.16. The average Bonchev–Trinajstić information content (AvgIpc) is 2.79. The van der Waals surface area contributed by atoms with E-state index >= 15 is 0 Å². The zero-order chi connectivity index (χ0) is 21.3. The number of carbonyl (C=O) groups is 1. The van der Waals surface area contributed by atoms with Gasteiger partial charge in [0.05, 0.1) is 30.6 Å². The number of nitro benzene ring substituents is 1. The van der Waals surface area contributed by atoms with Crippen LogP contribution in [0.1, 0.15) is 37.7 Å². The van der Waals surface area contributed by atoms with Crippen LogP contribution in [0.3, 0.4) is 0 Å². The van der Waals surface area contributed by atoms with Crippen molar-refractivity contribution in [2.75, 3.05) is 33.4 Å². The summed E-state index contributed by atoms with van der Waals surface area (Å²) in [6.07, 6.45) is 4.95. The second kappa shape index (κ2) is 10.9. The lowest BCUT2D eigenvalue weighted by molar-refractivity contribution is -0.384. The summed E-state index contributed by atoms with van der Waals surface area (Å²) in [6, 6.07) is 6.45. The zero-order valence-electron chi connectivity index (χ0n) is 17.4. The van der Waals surface area contributed by atoms with Crippen LogP contribution >= 0.6 is 0 Å². The number of rotatable bonds is 6. The van der Waals surface area contributed by atoms with Crippen LogP contribution in [-0.2, 0) is 20.8 Å². The minimum Gasteiger partial charge on any atom is -0.469 e. The number of nitrogens with zero attached hydrogens (tertiary/aromatic N) is 3. The fourth-order valence-electron chi connectivity index (χ4n) is 3.82. The number of piperidine rings is 1. The number of hydrogen-bond donors (Lipinski definition) is 1. The van der Waals surface area contributed by atoms with E-state index in [0.29, 0.717) is 13.1 Å². The molecule has 9 heteroatoms. The minimum absolute atomic E-state index is 0.0659. The third-order valence-corrected chi connectivity index (χ3v) is 5.65. The molecule has 2 fully saturated rings. The van der Waals surface area contributed by atoms with E-state index in [1.165, 1.54) is 25.7 Å². The summed E-state index contributed by atoms with van der Waals surface area (Å²) in [5.41, 5.74) is 0.971. The molecule has 1 aromatic carbocycles. The highest BCUT2D eigenvalue weighted by Crippen LogP contribution is 2.19. The Morgan fingerprint density at radius 3 is 2.60 bits per heavy atom. The quantitative estimate of drug-likeness (QED) is 0.249. The summed E-state index contributed by atoms with van der Waals surface area (Å²) in [7, 11) is 1.43. The van der Waals surface area contributed by atoms with E-state index in [1.807, 2.05) is 0 Å². The van der Waals surface area contributed by atoms with Crippen molar-refractivity contribution in [3.63, 3.8) is 0 Å². The van der Waals surface area contributed by atoms with Gasteiger partial charge in [0.2, 0.25) is 0 Å². The van der Waals surface area contributed by atoms with Gasteiger partial charge in [0, 0.05) is 38.4 Å². The Labute approximate surface area is 176 Å². The van der Waals surface area contributed by atoms with E-state index in [-0.39, 0.29) is 23.7 Å². The van der Waals surface area contributed by atoms with E-state index in [4.69, 9.17) is 14.5 Å². The van der Waals surface area contributed by atoms with Gasteiger partial charge in [-0.1, -0.05) is 12.1 Å². The van der Waals surface area contributed by atoms with Gasteiger partial charge in [0.25, 0.3) is 5.69 Å². The zero-order valence-corrected chi connectivity index (χ0v) is 17.4. The van der Waals surface area contributed by atoms with Gasteiger partial charge in [-0.15, -0.1) is 0 Å². The molecule has 2 saturated heterocycles. The number of likely N-dealkylation sites (tertiary alicyclic amines) is 1. The van der Waals surface area contributed by atoms with Crippen molar-refractivity contribution >= 4 is 17.6 Å². The number of nitrogens with one attached hydrogen (secondary N) is 1. The molecule has 1 aromatic rings. The smallest absolute Gasteiger partial charge is 0.308 e. The van der Waals surface area contributed by atoms with Crippen LogP contribution in [0.25, 0.3) is 0 Å². The number of benzene rings is 1. The molecule has 1 unspecified atom stereocenters. The summed E-state index contributed by atoms with van der Waals surface area (Å²) in [5.74, 6) is 0.567. The molecule has 0 aliphatic carbocycles. The molecule has 9 nitrogen and oxygen atoms in total. The molecule has 3 rings (SSSR count). The third-order valence-electron chi connectivity index (χ3n) is 5.65. The van der Waals surface area contributed by atoms with Crippen molar-refractivity contribution in [1.29, 1.82) is 0 Å². The van der Waals surface area contributed by atoms with Gasteiger partial charge in [-0.3, -0.25) is 14.9 Å². The fraction of sp³-hybridized carbons (Fsp3) is 0.619. The average molecular weight is 418 g/mol. The standard InChI is InChI=1S/C21H30N4O5/c1-29-20(26)17-9-11-24(12-10-17)21(23-15-19-4-2-3-13-30-19)22-14-16-5-7-18(8-6-16)25(27)28/h5-8,17,19H,2-4,9-15H2,1H3,(H,22,23). The topological polar surface area (TPSA) is 106 Å². The maximum absolute atomic E-state index is 11.8. The number of non-ortho nitro benzene ring substituents is 1. The molecule has 0 spiro atoms. The number of hydrogen-bond acceptors (Lipinski definition) is 6. The molecule has 0 radical (unpaired) electrons. The Balaban J connectivity index is 1.64. The number of nitro groups is 1. The summed E-state index contributed by atoms with van der Waals surface area (Å²) < 4.78 is 10.7. The first-order chi connectivity index (χ1) is 14.6. The Morgan fingerprint density at radius 1 is 1.27 bits per heavy atom. The van der Waals surface area contributed by atoms with Crippen LogP contribution in [-0.4, -0.2) is 61.2 Å². The molecule has 1 atom stereocenters. The highest BCUT2D eigenvalue weighted by atomic mass is 16.6. The van der Waals surface area contributed by atoms with Gasteiger partial charge in [0.1, 0.15) is 0 Å². The van der Waals surface area contributed by atoms with Gasteiger partial charge in [0.15, 0.2) is 5.96 Å². The molecule has 0 aromatic heterocycles. The molecular formula is C21H30N4O5. The number of guanidine groups is 1. The molecule has 0 bridgehead atoms. The SMILES string of the molecule is COC(=O)C1CCN(C(=NCc2ccc([N+](=O)[O-])cc2)NCC2CCCCO2)CC1. The molecular weight excluding hydrogens is 388 g/mol. The van der Waals surface area contributed by atoms with Crippen molar-refractivity contribution < 1.29 is 19.2 Å². The number of carbonyl (C=O) groups excluding carboxylic acids is 1. The van der Waals surface area contributed by atoms with E-state index in [1.54, 1.807) is 12.1 Å². The highest BCUT2D eigenvalue weighted by Gasteiger charge is 2.27. The van der Waals surface area contributed by atoms with Gasteiger partial charge in [-0.25, -0.2) is 4.99 Å². The van der Waals surface area contributed by atoms with Crippen LogP contribution in [0.15, 0.2) is 29.3 Å². The fourth-order valence-corrected chi connectivity index (χ4v) is 3.82. The van der Waals surface area contributed by atoms with Crippen LogP contribution in [0.2, 0.25) is 0 Å². The Hall–Kier alpha value is -2.68. The molecule has 164 valence electrons. The van der Waals surface area contributed by atoms with E-state index in [2.05, 4.69) is 10.2 Å². The highest BCUT2D eigenvalue weighted by molar-refractivity contribution is 5.80. The molecule has 2 aliphatic rings. The summed E-state index contributed by atoms with van der Waals surface area (Å²) in [5, 5.41) is 14.3. The number of esters is 1. The minimum atomic E-state index is -0.407. The summed E-state index contributed by atoms with van der Waals surface area (Å²) in [4.78, 5) is 29.2. The second-order valence-corrected chi connectivity index (χ2v) is 7.72. The van der Waals surface area contributed by atoms with E-state index in [9.17, 15) is 14.9 Å². The Kier molecular flexibility index (Phi) is 8.01. The maximum Gasteiger partial charge on any atom is 0.308 e. The molecule has 0 saturated carbocycles. The van der Waals surface area contributed by atoms with Gasteiger partial charge >= 0.3 is 5.97 Å². The lowest BCUT2D eigenvalue weighted by Gasteiger charge is -2.34. The Bertz CT molecular complexity index is 738. The van der Waals surface area contributed by atoms with Gasteiger partial charge < -0.3 is 19.7 Å². The molecule has 30 heavy (non-hydrogen) atoms. The molecule has 1 N–H and O–H groups in total. The van der Waals surface area contributed by atoms with Crippen LogP contribution in [0.5, 0.6) is 0 Å². The van der Waals surface area contributed by atoms with Crippen LogP contribution < -0.4 is 5.32 Å². The Morgan fingerprint density at radius 2 is 2.00 bits per heavy atom. The predicted octanol–water partition coefficient (Wildman–Crippen LogP) is 2.49. The molecule has 2 aliphatic heterocycles. The first kappa shape index (κ1) is 22.0. The largest absolute Gasteiger partial charge is 0.469 e. The number of aliphatic imine (C=N–C) groups is 1. The van der Waals surface area contributed by atoms with Crippen molar-refractivity contribution in [2.45, 2.75) is 44.8 Å². The van der Waals surface area contributed by atoms with Crippen molar-refractivity contribution in [3.05, 3.63) is 39.9 Å². The van der Waals surface area contributed by atoms with Crippen LogP contribution in [0, 0.1) is 16.0 Å². The normalized spacial score (nSPS) is 20.6. The van der Waals surface area contributed by atoms with E-state index < -0.39 is 4.92 Å². The number of ether oxygens (including phenoxy) is 2. The monoisotopic (exact) mass is 418 g/mol. The molecule has 2 heterocycles. The molecule has 0 amide bonds. The van der Waals surface area contributed by atoms with Crippen molar-refractivity contribution in [2.24, 2.45) is 10.9 Å². The summed E-state index contributed by atoms with van der Waals surface area (Å²) >= 11 is 0. The summed E-state index contributed by atoms with van der Waals surface area (Å²) in [6.45, 7) is 3.35. The maximum atomic E-state index is 11.8. The van der Waals surface area contributed by atoms with Crippen molar-refractivity contribution in [1.82, 2.24) is 10.2 Å². The first-order valence-corrected chi connectivity index (χ1v) is 10.5. The van der Waals surface area contributed by atoms with Gasteiger partial charge in [-0.05, 0) is 37.7 Å². The first-order valence-electron chi connectivity index (χ1n) is 10.5. The van der Waals surface area contributed by atoms with Crippen LogP contribution in [0.4, 0.5) is 5.69 Å². The predicted molar refractivity (Wildman–Crippen MR) is 112 cm³/mol. The second-order valence-electron chi connectivity index (χ2n) is 7.72. The van der Waals surface area contributed by atoms with Gasteiger partial charge in [-0.2, -0.15) is 0 Å². The number of methoxy groups -OCH3 is 1. The van der Waals surface area contributed by atoms with E-state index in [0.717, 1.165) is 56.9 Å².